The molecular formula is C10H18N2O2. The zero-order valence-corrected chi connectivity index (χ0v) is 8.95. The number of nitrogens with zero attached hydrogens (tertiary/aromatic N) is 1. The van der Waals surface area contributed by atoms with Crippen LogP contribution in [0, 0.1) is 0 Å². The Kier molecular flexibility index (Phi) is 4.94. The number of aliphatic imine (C=N–C) groups is 1. The average molecular weight is 198 g/mol. The van der Waals surface area contributed by atoms with Crippen molar-refractivity contribution in [1.82, 2.24) is 0 Å². The van der Waals surface area contributed by atoms with Gasteiger partial charge in [-0.15, -0.1) is 0 Å². The van der Waals surface area contributed by atoms with E-state index in [0.29, 0.717) is 11.6 Å². The van der Waals surface area contributed by atoms with E-state index in [2.05, 4.69) is 11.6 Å². The summed E-state index contributed by atoms with van der Waals surface area (Å²) in [5.74, 6) is 0.344. The van der Waals surface area contributed by atoms with Gasteiger partial charge in [-0.3, -0.25) is 0 Å². The SMILES string of the molecule is C=C/C(=N\C=C(\C)N)OCC(C)(C)O. The average Bonchev–Trinajstić information content (AvgIpc) is 2.02. The fraction of sp³-hybridized carbons (Fsp3) is 0.500. The molecule has 0 aliphatic rings. The van der Waals surface area contributed by atoms with Gasteiger partial charge in [-0.2, -0.15) is 0 Å². The van der Waals surface area contributed by atoms with Gasteiger partial charge < -0.3 is 15.6 Å². The van der Waals surface area contributed by atoms with Crippen molar-refractivity contribution in [2.24, 2.45) is 10.7 Å². The van der Waals surface area contributed by atoms with Crippen molar-refractivity contribution in [2.45, 2.75) is 26.4 Å². The molecule has 80 valence electrons. The van der Waals surface area contributed by atoms with Gasteiger partial charge in [0.15, 0.2) is 0 Å². The second kappa shape index (κ2) is 5.44. The predicted molar refractivity (Wildman–Crippen MR) is 57.8 cm³/mol. The van der Waals surface area contributed by atoms with E-state index >= 15 is 0 Å². The highest BCUT2D eigenvalue weighted by atomic mass is 16.5. The third kappa shape index (κ3) is 7.36. The number of hydrogen-bond acceptors (Lipinski definition) is 4. The first-order valence-corrected chi connectivity index (χ1v) is 4.33. The number of allylic oxidation sites excluding steroid dienone is 1. The van der Waals surface area contributed by atoms with E-state index in [1.165, 1.54) is 12.3 Å². The molecule has 0 aromatic carbocycles. The summed E-state index contributed by atoms with van der Waals surface area (Å²) >= 11 is 0. The minimum Gasteiger partial charge on any atom is -0.475 e. The lowest BCUT2D eigenvalue weighted by Gasteiger charge is -2.17. The van der Waals surface area contributed by atoms with Crippen LogP contribution in [-0.4, -0.2) is 23.2 Å². The molecule has 0 radical (unpaired) electrons. The summed E-state index contributed by atoms with van der Waals surface area (Å²) in [6, 6.07) is 0. The Bertz CT molecular complexity index is 245. The van der Waals surface area contributed by atoms with Crippen LogP contribution in [-0.2, 0) is 4.74 Å². The number of aliphatic hydroxyl groups is 1. The molecule has 0 spiro atoms. The van der Waals surface area contributed by atoms with Gasteiger partial charge in [-0.1, -0.05) is 6.58 Å². The monoisotopic (exact) mass is 198 g/mol. The maximum Gasteiger partial charge on any atom is 0.212 e. The molecule has 0 rings (SSSR count). The summed E-state index contributed by atoms with van der Waals surface area (Å²) in [5.41, 5.74) is 5.09. The maximum absolute atomic E-state index is 9.39. The first-order valence-electron chi connectivity index (χ1n) is 4.33. The molecule has 0 aliphatic heterocycles. The summed E-state index contributed by atoms with van der Waals surface area (Å²) < 4.78 is 5.19. The molecule has 0 unspecified atom stereocenters. The van der Waals surface area contributed by atoms with E-state index in [0.717, 1.165) is 0 Å². The lowest BCUT2D eigenvalue weighted by Crippen LogP contribution is -2.27. The second-order valence-electron chi connectivity index (χ2n) is 3.65. The van der Waals surface area contributed by atoms with Crippen molar-refractivity contribution in [3.8, 4) is 0 Å². The van der Waals surface area contributed by atoms with Crippen LogP contribution in [0.25, 0.3) is 0 Å². The molecule has 0 heterocycles. The summed E-state index contributed by atoms with van der Waals surface area (Å²) in [6.45, 7) is 8.72. The Labute approximate surface area is 84.8 Å². The van der Waals surface area contributed by atoms with Gasteiger partial charge in [0, 0.05) is 11.9 Å². The van der Waals surface area contributed by atoms with Crippen molar-refractivity contribution in [3.05, 3.63) is 24.6 Å². The second-order valence-corrected chi connectivity index (χ2v) is 3.65. The highest BCUT2D eigenvalue weighted by Crippen LogP contribution is 2.02. The first kappa shape index (κ1) is 12.7. The molecule has 0 saturated carbocycles. The van der Waals surface area contributed by atoms with E-state index in [9.17, 15) is 5.11 Å². The molecule has 14 heavy (non-hydrogen) atoms. The zero-order chi connectivity index (χ0) is 11.2. The summed E-state index contributed by atoms with van der Waals surface area (Å²) in [7, 11) is 0. The smallest absolute Gasteiger partial charge is 0.212 e. The molecular weight excluding hydrogens is 180 g/mol. The van der Waals surface area contributed by atoms with Crippen molar-refractivity contribution in [2.75, 3.05) is 6.61 Å². The molecule has 0 aromatic heterocycles. The molecule has 4 heteroatoms. The van der Waals surface area contributed by atoms with Crippen molar-refractivity contribution in [3.63, 3.8) is 0 Å². The molecule has 4 nitrogen and oxygen atoms in total. The summed E-state index contributed by atoms with van der Waals surface area (Å²) in [6.07, 6.45) is 2.94. The lowest BCUT2D eigenvalue weighted by molar-refractivity contribution is 0.0244. The van der Waals surface area contributed by atoms with Crippen LogP contribution in [0.1, 0.15) is 20.8 Å². The van der Waals surface area contributed by atoms with E-state index in [-0.39, 0.29) is 6.61 Å². The molecule has 0 fully saturated rings. The molecule has 0 atom stereocenters. The van der Waals surface area contributed by atoms with E-state index < -0.39 is 5.60 Å². The Morgan fingerprint density at radius 2 is 2.21 bits per heavy atom. The van der Waals surface area contributed by atoms with Crippen LogP contribution < -0.4 is 5.73 Å². The van der Waals surface area contributed by atoms with E-state index in [1.807, 2.05) is 0 Å². The van der Waals surface area contributed by atoms with Gasteiger partial charge in [-0.05, 0) is 26.8 Å². The van der Waals surface area contributed by atoms with Crippen molar-refractivity contribution in [1.29, 1.82) is 0 Å². The Hall–Kier alpha value is -1.29. The van der Waals surface area contributed by atoms with Crippen molar-refractivity contribution < 1.29 is 9.84 Å². The number of hydrogen-bond donors (Lipinski definition) is 2. The molecule has 0 aromatic rings. The quantitative estimate of drug-likeness (QED) is 0.526. The number of nitrogens with two attached hydrogens (primary N) is 1. The molecule has 3 N–H and O–H groups in total. The van der Waals surface area contributed by atoms with Gasteiger partial charge in [0.25, 0.3) is 0 Å². The Balaban J connectivity index is 4.24. The third-order valence-electron chi connectivity index (χ3n) is 1.14. The van der Waals surface area contributed by atoms with Crippen LogP contribution in [0.5, 0.6) is 0 Å². The number of ether oxygens (including phenoxy) is 1. The topological polar surface area (TPSA) is 67.8 Å². The van der Waals surface area contributed by atoms with Crippen LogP contribution in [0.3, 0.4) is 0 Å². The van der Waals surface area contributed by atoms with Crippen LogP contribution in [0.2, 0.25) is 0 Å². The zero-order valence-electron chi connectivity index (χ0n) is 8.95. The minimum atomic E-state index is -0.884. The van der Waals surface area contributed by atoms with Crippen LogP contribution in [0.15, 0.2) is 29.5 Å². The normalized spacial score (nSPS) is 14.0. The standard InChI is InChI=1S/C10H18N2O2/c1-5-9(12-6-8(2)11)14-7-10(3,4)13/h5-6,13H,1,7,11H2,2-4H3/b8-6-,12-9+. The Morgan fingerprint density at radius 1 is 1.64 bits per heavy atom. The Morgan fingerprint density at radius 3 is 2.57 bits per heavy atom. The fourth-order valence-electron chi connectivity index (χ4n) is 0.565. The van der Waals surface area contributed by atoms with Gasteiger partial charge in [0.1, 0.15) is 6.61 Å². The van der Waals surface area contributed by atoms with Gasteiger partial charge in [-0.25, -0.2) is 4.99 Å². The van der Waals surface area contributed by atoms with Gasteiger partial charge >= 0.3 is 0 Å². The minimum absolute atomic E-state index is 0.162. The maximum atomic E-state index is 9.39. The van der Waals surface area contributed by atoms with Crippen LogP contribution >= 0.6 is 0 Å². The molecule has 0 bridgehead atoms. The summed E-state index contributed by atoms with van der Waals surface area (Å²) in [5, 5.41) is 9.39. The first-order chi connectivity index (χ1) is 6.35. The predicted octanol–water partition coefficient (Wildman–Crippen LogP) is 1.18. The number of rotatable bonds is 4. The largest absolute Gasteiger partial charge is 0.475 e. The van der Waals surface area contributed by atoms with Gasteiger partial charge in [0.2, 0.25) is 5.90 Å². The lowest BCUT2D eigenvalue weighted by atomic mass is 10.2. The van der Waals surface area contributed by atoms with E-state index in [4.69, 9.17) is 10.5 Å². The molecule has 0 amide bonds. The fourth-order valence-corrected chi connectivity index (χ4v) is 0.565. The van der Waals surface area contributed by atoms with E-state index in [1.54, 1.807) is 20.8 Å². The van der Waals surface area contributed by atoms with Crippen molar-refractivity contribution >= 4 is 5.90 Å². The molecule has 0 aliphatic carbocycles. The highest BCUT2D eigenvalue weighted by Gasteiger charge is 2.13. The van der Waals surface area contributed by atoms with Gasteiger partial charge in [0.05, 0.1) is 5.60 Å². The molecule has 0 saturated heterocycles. The third-order valence-corrected chi connectivity index (χ3v) is 1.14. The van der Waals surface area contributed by atoms with Crippen LogP contribution in [0.4, 0.5) is 0 Å². The highest BCUT2D eigenvalue weighted by molar-refractivity contribution is 5.87. The summed E-state index contributed by atoms with van der Waals surface area (Å²) in [4.78, 5) is 3.92.